The van der Waals surface area contributed by atoms with Crippen molar-refractivity contribution in [1.82, 2.24) is 14.5 Å². The summed E-state index contributed by atoms with van der Waals surface area (Å²) in [5.74, 6) is 0.658. The number of piperidine rings is 1. The zero-order valence-corrected chi connectivity index (χ0v) is 26.6. The van der Waals surface area contributed by atoms with Crippen molar-refractivity contribution in [3.05, 3.63) is 70.3 Å². The molecule has 228 valence electrons. The van der Waals surface area contributed by atoms with Crippen LogP contribution in [0.1, 0.15) is 68.8 Å². The Hall–Kier alpha value is -3.76. The van der Waals surface area contributed by atoms with E-state index in [9.17, 15) is 9.59 Å². The molecule has 3 atom stereocenters. The summed E-state index contributed by atoms with van der Waals surface area (Å²) in [6.45, 7) is 10.8. The lowest BCUT2D eigenvalue weighted by Gasteiger charge is -2.36. The summed E-state index contributed by atoms with van der Waals surface area (Å²) in [6, 6.07) is 15.0. The number of nitrogens with zero attached hydrogens (tertiary/aromatic N) is 3. The molecular formula is C32H37ClN4O5S. The molecule has 2 aromatic carbocycles. The zero-order valence-electron chi connectivity index (χ0n) is 25.0. The maximum absolute atomic E-state index is 12.7. The van der Waals surface area contributed by atoms with Gasteiger partial charge in [-0.05, 0) is 65.7 Å². The van der Waals surface area contributed by atoms with Gasteiger partial charge in [0.1, 0.15) is 45.5 Å². The van der Waals surface area contributed by atoms with Crippen LogP contribution in [-0.2, 0) is 4.74 Å². The van der Waals surface area contributed by atoms with Gasteiger partial charge >= 0.3 is 6.09 Å². The van der Waals surface area contributed by atoms with Crippen LogP contribution in [0.3, 0.4) is 0 Å². The topological polar surface area (TPSA) is 109 Å². The molecule has 9 nitrogen and oxygen atoms in total. The Morgan fingerprint density at radius 3 is 2.60 bits per heavy atom. The van der Waals surface area contributed by atoms with Crippen LogP contribution in [-0.4, -0.2) is 51.2 Å². The van der Waals surface area contributed by atoms with Crippen LogP contribution >= 0.6 is 22.9 Å². The quantitative estimate of drug-likeness (QED) is 0.219. The molecule has 0 saturated carbocycles. The van der Waals surface area contributed by atoms with Gasteiger partial charge in [-0.1, -0.05) is 29.8 Å². The second-order valence-electron chi connectivity index (χ2n) is 11.8. The van der Waals surface area contributed by atoms with Gasteiger partial charge in [0.25, 0.3) is 5.91 Å². The van der Waals surface area contributed by atoms with Gasteiger partial charge in [0.2, 0.25) is 0 Å². The fourth-order valence-electron chi connectivity index (χ4n) is 5.23. The van der Waals surface area contributed by atoms with Crippen molar-refractivity contribution >= 4 is 46.0 Å². The minimum atomic E-state index is -0.576. The number of imidazole rings is 1. The van der Waals surface area contributed by atoms with E-state index in [0.29, 0.717) is 34.5 Å². The second-order valence-corrected chi connectivity index (χ2v) is 13.3. The third-order valence-electron chi connectivity index (χ3n) is 7.41. The average molecular weight is 625 g/mol. The van der Waals surface area contributed by atoms with Crippen molar-refractivity contribution in [3.8, 4) is 16.5 Å². The Morgan fingerprint density at radius 2 is 1.88 bits per heavy atom. The highest BCUT2D eigenvalue weighted by Gasteiger charge is 2.31. The number of benzene rings is 2. The van der Waals surface area contributed by atoms with Crippen molar-refractivity contribution < 1.29 is 23.8 Å². The zero-order chi connectivity index (χ0) is 30.9. The maximum Gasteiger partial charge on any atom is 0.410 e. The number of aromatic nitrogens is 2. The molecular weight excluding hydrogens is 588 g/mol. The molecule has 1 saturated heterocycles. The van der Waals surface area contributed by atoms with Crippen LogP contribution in [0.25, 0.3) is 16.0 Å². The maximum atomic E-state index is 12.7. The Balaban J connectivity index is 1.35. The van der Waals surface area contributed by atoms with Crippen LogP contribution in [0, 0.1) is 5.92 Å². The number of carbonyl (C=O) groups excluding carboxylic acids is 2. The third-order valence-corrected chi connectivity index (χ3v) is 8.88. The second kappa shape index (κ2) is 12.5. The number of fused-ring (bicyclic) bond motifs is 1. The molecule has 0 unspecified atom stereocenters. The normalized spacial score (nSPS) is 17.0. The lowest BCUT2D eigenvalue weighted by atomic mass is 9.93. The molecule has 2 N–H and O–H groups in total. The molecule has 0 spiro atoms. The standard InChI is InChI=1S/C32H37ClN4O5S/c1-19(21-9-8-14-36(17-21)31(39)42-32(3,4)5)40-22-12-13-25-26(15-22)37(18-35-25)28-16-27(29(43-28)30(34)38)41-20(2)23-10-6-7-11-24(23)33/h6-7,10-13,15-16,18-21H,8-9,14,17H2,1-5H3,(H2,34,38)/t19-,20-,21-/m1/s1. The first kappa shape index (κ1) is 30.7. The number of likely N-dealkylation sites (tertiary alicyclic amines) is 1. The molecule has 0 radical (unpaired) electrons. The molecule has 4 aromatic rings. The van der Waals surface area contributed by atoms with Crippen molar-refractivity contribution in [3.63, 3.8) is 0 Å². The largest absolute Gasteiger partial charge is 0.490 e. The van der Waals surface area contributed by atoms with E-state index < -0.39 is 17.6 Å². The molecule has 3 heterocycles. The summed E-state index contributed by atoms with van der Waals surface area (Å²) in [5.41, 5.74) is 7.59. The van der Waals surface area contributed by atoms with Gasteiger partial charge in [-0.3, -0.25) is 9.36 Å². The number of thiophene rings is 1. The number of hydrogen-bond acceptors (Lipinski definition) is 7. The van der Waals surface area contributed by atoms with E-state index in [0.717, 1.165) is 34.4 Å². The molecule has 1 fully saturated rings. The number of hydrogen-bond donors (Lipinski definition) is 1. The Kier molecular flexibility index (Phi) is 8.89. The summed E-state index contributed by atoms with van der Waals surface area (Å²) < 4.78 is 20.1. The number of nitrogens with two attached hydrogens (primary N) is 1. The highest BCUT2D eigenvalue weighted by molar-refractivity contribution is 7.16. The first-order chi connectivity index (χ1) is 20.4. The smallest absolute Gasteiger partial charge is 0.410 e. The van der Waals surface area contributed by atoms with E-state index in [1.54, 1.807) is 23.4 Å². The van der Waals surface area contributed by atoms with Gasteiger partial charge in [0.15, 0.2) is 0 Å². The van der Waals surface area contributed by atoms with Gasteiger partial charge in [-0.2, -0.15) is 0 Å². The fraction of sp³-hybridized carbons (Fsp3) is 0.406. The van der Waals surface area contributed by atoms with Gasteiger partial charge in [0, 0.05) is 41.7 Å². The average Bonchev–Trinajstić information content (AvgIpc) is 3.56. The highest BCUT2D eigenvalue weighted by Crippen LogP contribution is 2.37. The first-order valence-corrected chi connectivity index (χ1v) is 15.6. The predicted molar refractivity (Wildman–Crippen MR) is 169 cm³/mol. The minimum Gasteiger partial charge on any atom is -0.490 e. The number of primary amides is 1. The molecule has 0 aliphatic carbocycles. The van der Waals surface area contributed by atoms with Gasteiger partial charge < -0.3 is 24.8 Å². The van der Waals surface area contributed by atoms with E-state index in [1.807, 2.05) is 75.6 Å². The summed E-state index contributed by atoms with van der Waals surface area (Å²) in [7, 11) is 0. The van der Waals surface area contributed by atoms with Crippen LogP contribution < -0.4 is 15.2 Å². The molecule has 1 aliphatic heterocycles. The van der Waals surface area contributed by atoms with E-state index in [-0.39, 0.29) is 18.1 Å². The van der Waals surface area contributed by atoms with Crippen LogP contribution in [0.15, 0.2) is 54.9 Å². The molecule has 2 amide bonds. The summed E-state index contributed by atoms with van der Waals surface area (Å²) in [6.07, 6.45) is 2.74. The lowest BCUT2D eigenvalue weighted by molar-refractivity contribution is 0.00801. The third kappa shape index (κ3) is 7.08. The van der Waals surface area contributed by atoms with E-state index in [1.165, 1.54) is 11.3 Å². The Labute approximate surface area is 260 Å². The van der Waals surface area contributed by atoms with Gasteiger partial charge in [-0.15, -0.1) is 11.3 Å². The minimum absolute atomic E-state index is 0.131. The van der Waals surface area contributed by atoms with Gasteiger partial charge in [-0.25, -0.2) is 9.78 Å². The Morgan fingerprint density at radius 1 is 1.12 bits per heavy atom. The molecule has 0 bridgehead atoms. The van der Waals surface area contributed by atoms with Crippen LogP contribution in [0.5, 0.6) is 11.5 Å². The van der Waals surface area contributed by atoms with E-state index in [4.69, 9.17) is 31.5 Å². The number of carbonyl (C=O) groups is 2. The molecule has 5 rings (SSSR count). The monoisotopic (exact) mass is 624 g/mol. The SMILES string of the molecule is C[C@@H](Oc1cc(-n2cnc3ccc(O[C@H](C)[C@@H]4CCCN(C(=O)OC(C)(C)C)C4)cc32)sc1C(N)=O)c1ccccc1Cl. The fourth-order valence-corrected chi connectivity index (χ4v) is 6.45. The highest BCUT2D eigenvalue weighted by atomic mass is 35.5. The molecule has 2 aromatic heterocycles. The van der Waals surface area contributed by atoms with E-state index in [2.05, 4.69) is 4.98 Å². The predicted octanol–water partition coefficient (Wildman–Crippen LogP) is 7.39. The summed E-state index contributed by atoms with van der Waals surface area (Å²) >= 11 is 7.60. The van der Waals surface area contributed by atoms with Gasteiger partial charge in [0.05, 0.1) is 11.0 Å². The van der Waals surface area contributed by atoms with Crippen LogP contribution in [0.2, 0.25) is 5.02 Å². The van der Waals surface area contributed by atoms with Crippen molar-refractivity contribution in [2.24, 2.45) is 11.7 Å². The number of amides is 2. The van der Waals surface area contributed by atoms with Crippen LogP contribution in [0.4, 0.5) is 4.79 Å². The number of ether oxygens (including phenoxy) is 3. The van der Waals surface area contributed by atoms with E-state index >= 15 is 0 Å². The van der Waals surface area contributed by atoms with Crippen molar-refractivity contribution in [1.29, 1.82) is 0 Å². The molecule has 11 heteroatoms. The number of halogens is 1. The summed E-state index contributed by atoms with van der Waals surface area (Å²) in [5, 5.41) is 1.31. The lowest BCUT2D eigenvalue weighted by Crippen LogP contribution is -2.46. The molecule has 43 heavy (non-hydrogen) atoms. The summed E-state index contributed by atoms with van der Waals surface area (Å²) in [4.78, 5) is 31.6. The first-order valence-electron chi connectivity index (χ1n) is 14.4. The van der Waals surface area contributed by atoms with Crippen molar-refractivity contribution in [2.45, 2.75) is 65.3 Å². The number of rotatable bonds is 8. The van der Waals surface area contributed by atoms with Crippen molar-refractivity contribution in [2.75, 3.05) is 13.1 Å². The molecule has 1 aliphatic rings. The Bertz CT molecular complexity index is 1630.